The quantitative estimate of drug-likeness (QED) is 0.852. The van der Waals surface area contributed by atoms with Gasteiger partial charge in [-0.3, -0.25) is 0 Å². The Morgan fingerprint density at radius 3 is 2.81 bits per heavy atom. The minimum Gasteiger partial charge on any atom is -0.383 e. The first-order valence-electron chi connectivity index (χ1n) is 4.94. The number of methoxy groups -OCH3 is 1. The molecule has 2 amide bonds. The van der Waals surface area contributed by atoms with E-state index in [-0.39, 0.29) is 12.1 Å². The van der Waals surface area contributed by atoms with Crippen molar-refractivity contribution in [3.05, 3.63) is 29.3 Å². The van der Waals surface area contributed by atoms with Gasteiger partial charge in [0, 0.05) is 7.11 Å². The summed E-state index contributed by atoms with van der Waals surface area (Å²) in [5.41, 5.74) is 0.589. The Morgan fingerprint density at radius 1 is 1.50 bits per heavy atom. The van der Waals surface area contributed by atoms with Gasteiger partial charge < -0.3 is 15.4 Å². The Kier molecular flexibility index (Phi) is 5.08. The van der Waals surface area contributed by atoms with Crippen LogP contribution in [0.5, 0.6) is 0 Å². The van der Waals surface area contributed by atoms with Crippen molar-refractivity contribution in [3.8, 4) is 0 Å². The van der Waals surface area contributed by atoms with Crippen LogP contribution in [-0.4, -0.2) is 25.8 Å². The van der Waals surface area contributed by atoms with Gasteiger partial charge in [-0.25, -0.2) is 4.79 Å². The molecule has 1 rings (SSSR count). The first-order valence-corrected chi connectivity index (χ1v) is 5.32. The molecule has 0 aliphatic carbocycles. The Labute approximate surface area is 99.9 Å². The van der Waals surface area contributed by atoms with Crippen LogP contribution in [0.4, 0.5) is 10.5 Å². The smallest absolute Gasteiger partial charge is 0.319 e. The molecule has 0 aliphatic heterocycles. The van der Waals surface area contributed by atoms with Crippen LogP contribution >= 0.6 is 11.6 Å². The van der Waals surface area contributed by atoms with Gasteiger partial charge in [-0.2, -0.15) is 0 Å². The number of carbonyl (C=O) groups excluding carboxylic acids is 1. The minimum atomic E-state index is -0.294. The summed E-state index contributed by atoms with van der Waals surface area (Å²) in [4.78, 5) is 11.5. The molecule has 0 aliphatic rings. The van der Waals surface area contributed by atoms with Crippen molar-refractivity contribution in [2.75, 3.05) is 19.0 Å². The van der Waals surface area contributed by atoms with Gasteiger partial charge in [0.05, 0.1) is 23.4 Å². The number of hydrogen-bond donors (Lipinski definition) is 2. The van der Waals surface area contributed by atoms with E-state index in [1.165, 1.54) is 0 Å². The zero-order valence-electron chi connectivity index (χ0n) is 9.29. The standard InChI is InChI=1S/C11H15ClN2O2/c1-8(7-16-2)13-11(15)14-10-6-4-3-5-9(10)12/h3-6,8H,7H2,1-2H3,(H2,13,14,15). The largest absolute Gasteiger partial charge is 0.383 e. The Hall–Kier alpha value is -1.26. The molecule has 2 N–H and O–H groups in total. The van der Waals surface area contributed by atoms with E-state index in [1.807, 2.05) is 6.92 Å². The molecule has 0 spiro atoms. The maximum Gasteiger partial charge on any atom is 0.319 e. The lowest BCUT2D eigenvalue weighted by Crippen LogP contribution is -2.38. The van der Waals surface area contributed by atoms with Crippen molar-refractivity contribution in [1.29, 1.82) is 0 Å². The van der Waals surface area contributed by atoms with Crippen molar-refractivity contribution >= 4 is 23.3 Å². The average Bonchev–Trinajstić information content (AvgIpc) is 2.21. The normalized spacial score (nSPS) is 11.9. The van der Waals surface area contributed by atoms with E-state index in [1.54, 1.807) is 31.4 Å². The van der Waals surface area contributed by atoms with Gasteiger partial charge >= 0.3 is 6.03 Å². The van der Waals surface area contributed by atoms with E-state index in [4.69, 9.17) is 16.3 Å². The van der Waals surface area contributed by atoms with Gasteiger partial charge in [0.1, 0.15) is 0 Å². The molecule has 1 aromatic carbocycles. The number of carbonyl (C=O) groups is 1. The molecule has 0 heterocycles. The molecule has 4 nitrogen and oxygen atoms in total. The Balaban J connectivity index is 2.49. The second-order valence-corrected chi connectivity index (χ2v) is 3.84. The number of para-hydroxylation sites is 1. The van der Waals surface area contributed by atoms with Gasteiger partial charge in [0.25, 0.3) is 0 Å². The van der Waals surface area contributed by atoms with Gasteiger partial charge in [-0.1, -0.05) is 23.7 Å². The molecule has 1 atom stereocenters. The molecule has 0 saturated heterocycles. The third kappa shape index (κ3) is 4.08. The number of benzene rings is 1. The minimum absolute atomic E-state index is 0.0486. The molecule has 0 bridgehead atoms. The second-order valence-electron chi connectivity index (χ2n) is 3.43. The molecule has 0 fully saturated rings. The predicted molar refractivity (Wildman–Crippen MR) is 64.9 cm³/mol. The lowest BCUT2D eigenvalue weighted by molar-refractivity contribution is 0.173. The number of amides is 2. The monoisotopic (exact) mass is 242 g/mol. The van der Waals surface area contributed by atoms with E-state index < -0.39 is 0 Å². The van der Waals surface area contributed by atoms with Crippen molar-refractivity contribution < 1.29 is 9.53 Å². The highest BCUT2D eigenvalue weighted by atomic mass is 35.5. The molecule has 0 saturated carbocycles. The van der Waals surface area contributed by atoms with Gasteiger partial charge in [0.15, 0.2) is 0 Å². The summed E-state index contributed by atoms with van der Waals surface area (Å²) in [6.45, 7) is 2.33. The summed E-state index contributed by atoms with van der Waals surface area (Å²) in [6.07, 6.45) is 0. The van der Waals surface area contributed by atoms with Crippen LogP contribution in [-0.2, 0) is 4.74 Å². The molecule has 0 radical (unpaired) electrons. The van der Waals surface area contributed by atoms with Gasteiger partial charge in [0.2, 0.25) is 0 Å². The number of anilines is 1. The zero-order chi connectivity index (χ0) is 12.0. The number of rotatable bonds is 4. The zero-order valence-corrected chi connectivity index (χ0v) is 10.0. The summed E-state index contributed by atoms with van der Waals surface area (Å²) in [5.74, 6) is 0. The molecular formula is C11H15ClN2O2. The number of ether oxygens (including phenoxy) is 1. The first-order chi connectivity index (χ1) is 7.63. The van der Waals surface area contributed by atoms with Crippen LogP contribution in [0.1, 0.15) is 6.92 Å². The predicted octanol–water partition coefficient (Wildman–Crippen LogP) is 2.50. The molecule has 88 valence electrons. The molecule has 5 heteroatoms. The van der Waals surface area contributed by atoms with Crippen molar-refractivity contribution in [2.45, 2.75) is 13.0 Å². The van der Waals surface area contributed by atoms with Crippen LogP contribution in [0.25, 0.3) is 0 Å². The van der Waals surface area contributed by atoms with Crippen LogP contribution in [0.15, 0.2) is 24.3 Å². The number of halogens is 1. The van der Waals surface area contributed by atoms with Crippen LogP contribution < -0.4 is 10.6 Å². The van der Waals surface area contributed by atoms with Gasteiger partial charge in [-0.05, 0) is 19.1 Å². The van der Waals surface area contributed by atoms with Crippen molar-refractivity contribution in [3.63, 3.8) is 0 Å². The third-order valence-corrected chi connectivity index (χ3v) is 2.25. The summed E-state index contributed by atoms with van der Waals surface area (Å²) in [5, 5.41) is 5.90. The number of nitrogens with one attached hydrogen (secondary N) is 2. The maximum absolute atomic E-state index is 11.5. The van der Waals surface area contributed by atoms with E-state index in [0.29, 0.717) is 17.3 Å². The van der Waals surface area contributed by atoms with Crippen LogP contribution in [0.2, 0.25) is 5.02 Å². The average molecular weight is 243 g/mol. The number of urea groups is 1. The fourth-order valence-corrected chi connectivity index (χ4v) is 1.42. The first kappa shape index (κ1) is 12.8. The second kappa shape index (κ2) is 6.35. The van der Waals surface area contributed by atoms with E-state index in [0.717, 1.165) is 0 Å². The van der Waals surface area contributed by atoms with Gasteiger partial charge in [-0.15, -0.1) is 0 Å². The lowest BCUT2D eigenvalue weighted by atomic mass is 10.3. The summed E-state index contributed by atoms with van der Waals surface area (Å²) in [6, 6.07) is 6.72. The summed E-state index contributed by atoms with van der Waals surface area (Å²) >= 11 is 5.90. The molecule has 0 aromatic heterocycles. The van der Waals surface area contributed by atoms with Crippen molar-refractivity contribution in [2.24, 2.45) is 0 Å². The molecule has 16 heavy (non-hydrogen) atoms. The van der Waals surface area contributed by atoms with Crippen molar-refractivity contribution in [1.82, 2.24) is 5.32 Å². The third-order valence-electron chi connectivity index (χ3n) is 1.92. The van der Waals surface area contributed by atoms with E-state index in [9.17, 15) is 4.79 Å². The summed E-state index contributed by atoms with van der Waals surface area (Å²) in [7, 11) is 1.59. The fourth-order valence-electron chi connectivity index (χ4n) is 1.24. The highest BCUT2D eigenvalue weighted by Crippen LogP contribution is 2.19. The molecule has 1 aromatic rings. The summed E-state index contributed by atoms with van der Waals surface area (Å²) < 4.78 is 4.91. The lowest BCUT2D eigenvalue weighted by Gasteiger charge is -2.14. The van der Waals surface area contributed by atoms with Crippen LogP contribution in [0.3, 0.4) is 0 Å². The van der Waals surface area contributed by atoms with E-state index >= 15 is 0 Å². The van der Waals surface area contributed by atoms with Crippen LogP contribution in [0, 0.1) is 0 Å². The number of hydrogen-bond acceptors (Lipinski definition) is 2. The Bertz CT molecular complexity index is 358. The molecular weight excluding hydrogens is 228 g/mol. The molecule has 1 unspecified atom stereocenters. The highest BCUT2D eigenvalue weighted by molar-refractivity contribution is 6.33. The van der Waals surface area contributed by atoms with E-state index in [2.05, 4.69) is 10.6 Å². The maximum atomic E-state index is 11.5. The fraction of sp³-hybridized carbons (Fsp3) is 0.364. The topological polar surface area (TPSA) is 50.4 Å². The highest BCUT2D eigenvalue weighted by Gasteiger charge is 2.08. The Morgan fingerprint density at radius 2 is 2.19 bits per heavy atom. The SMILES string of the molecule is COCC(C)NC(=O)Nc1ccccc1Cl.